The van der Waals surface area contributed by atoms with E-state index < -0.39 is 22.0 Å². The third kappa shape index (κ3) is 4.14. The Kier molecular flexibility index (Phi) is 5.22. The topological polar surface area (TPSA) is 111 Å². The summed E-state index contributed by atoms with van der Waals surface area (Å²) in [6.45, 7) is -0.389. The number of esters is 2. The van der Waals surface area contributed by atoms with E-state index in [1.807, 2.05) is 0 Å². The number of rotatable bonds is 5. The molecule has 140 valence electrons. The van der Waals surface area contributed by atoms with Crippen LogP contribution in [-0.2, 0) is 30.9 Å². The zero-order valence-electron chi connectivity index (χ0n) is 14.3. The molecular formula is C18H16N2O6S. The minimum Gasteiger partial charge on any atom is -0.465 e. The number of hydrogen-bond donors (Lipinski definition) is 1. The molecule has 1 aliphatic rings. The van der Waals surface area contributed by atoms with Crippen molar-refractivity contribution >= 4 is 27.8 Å². The minimum atomic E-state index is -3.65. The number of nitrogens with one attached hydrogen (secondary N) is 1. The first kappa shape index (κ1) is 18.6. The van der Waals surface area contributed by atoms with Crippen LogP contribution in [0.4, 0.5) is 0 Å². The third-order valence-corrected chi connectivity index (χ3v) is 5.17. The zero-order chi connectivity index (χ0) is 19.4. The Bertz CT molecular complexity index is 1030. The molecule has 0 saturated heterocycles. The van der Waals surface area contributed by atoms with Crippen molar-refractivity contribution in [3.05, 3.63) is 65.2 Å². The largest absolute Gasteiger partial charge is 0.465 e. The number of carbonyl (C=O) groups excluding carboxylic acids is 2. The number of nitrogens with zero attached hydrogens (tertiary/aromatic N) is 1. The summed E-state index contributed by atoms with van der Waals surface area (Å²) in [6.07, 6.45) is 0. The lowest BCUT2D eigenvalue weighted by Crippen LogP contribution is -2.23. The molecule has 0 amide bonds. The van der Waals surface area contributed by atoms with Crippen molar-refractivity contribution in [3.63, 3.8) is 0 Å². The summed E-state index contributed by atoms with van der Waals surface area (Å²) in [6, 6.07) is 12.9. The van der Waals surface area contributed by atoms with Crippen LogP contribution in [0.5, 0.6) is 0 Å². The second-order valence-electron chi connectivity index (χ2n) is 5.62. The Morgan fingerprint density at radius 3 is 2.67 bits per heavy atom. The molecule has 0 fully saturated rings. The first-order chi connectivity index (χ1) is 12.9. The fraction of sp³-hybridized carbons (Fsp3) is 0.167. The van der Waals surface area contributed by atoms with Crippen LogP contribution in [0.15, 0.2) is 58.4 Å². The lowest BCUT2D eigenvalue weighted by Gasteiger charge is -2.05. The Morgan fingerprint density at radius 1 is 1.11 bits per heavy atom. The van der Waals surface area contributed by atoms with E-state index in [1.165, 1.54) is 13.2 Å². The highest BCUT2D eigenvalue weighted by Crippen LogP contribution is 2.22. The van der Waals surface area contributed by atoms with Gasteiger partial charge in [0.15, 0.2) is 0 Å². The van der Waals surface area contributed by atoms with E-state index in [-0.39, 0.29) is 23.9 Å². The summed E-state index contributed by atoms with van der Waals surface area (Å²) < 4.78 is 36.0. The van der Waals surface area contributed by atoms with Gasteiger partial charge in [-0.05, 0) is 29.8 Å². The minimum absolute atomic E-state index is 0.0448. The van der Waals surface area contributed by atoms with Crippen molar-refractivity contribution in [3.8, 4) is 0 Å². The van der Waals surface area contributed by atoms with E-state index in [4.69, 9.17) is 4.74 Å². The molecule has 0 atom stereocenters. The molecule has 0 aliphatic carbocycles. The maximum absolute atomic E-state index is 12.0. The highest BCUT2D eigenvalue weighted by atomic mass is 32.2. The second kappa shape index (κ2) is 7.58. The highest BCUT2D eigenvalue weighted by Gasteiger charge is 2.30. The number of carbonyl (C=O) groups is 2. The molecule has 27 heavy (non-hydrogen) atoms. The van der Waals surface area contributed by atoms with Gasteiger partial charge in [-0.3, -0.25) is 14.5 Å². The number of aliphatic imine (C=N–C) groups is 1. The normalized spacial score (nSPS) is 15.7. The van der Waals surface area contributed by atoms with Gasteiger partial charge < -0.3 is 9.47 Å². The van der Waals surface area contributed by atoms with Crippen molar-refractivity contribution in [2.24, 2.45) is 4.99 Å². The van der Waals surface area contributed by atoms with Crippen LogP contribution in [-0.4, -0.2) is 39.8 Å². The molecule has 8 nitrogen and oxygen atoms in total. The van der Waals surface area contributed by atoms with Crippen molar-refractivity contribution < 1.29 is 27.5 Å². The molecule has 2 aromatic rings. The molecule has 2 aromatic carbocycles. The number of hydrogen-bond acceptors (Lipinski definition) is 7. The summed E-state index contributed by atoms with van der Waals surface area (Å²) in [5.41, 5.74) is 1.38. The summed E-state index contributed by atoms with van der Waals surface area (Å²) in [5, 5.41) is 0. The third-order valence-electron chi connectivity index (χ3n) is 3.78. The molecule has 0 unspecified atom stereocenters. The summed E-state index contributed by atoms with van der Waals surface area (Å²) in [7, 11) is -2.37. The molecule has 0 bridgehead atoms. The second-order valence-corrected chi connectivity index (χ2v) is 7.27. The van der Waals surface area contributed by atoms with E-state index in [0.29, 0.717) is 16.7 Å². The summed E-state index contributed by atoms with van der Waals surface area (Å²) >= 11 is 0. The quantitative estimate of drug-likeness (QED) is 0.772. The molecule has 0 saturated carbocycles. The van der Waals surface area contributed by atoms with Crippen LogP contribution in [0.1, 0.15) is 21.5 Å². The van der Waals surface area contributed by atoms with Crippen molar-refractivity contribution in [1.82, 2.24) is 4.72 Å². The molecule has 1 aliphatic heterocycles. The molecular weight excluding hydrogens is 372 g/mol. The average Bonchev–Trinajstić information content (AvgIpc) is 2.95. The van der Waals surface area contributed by atoms with Gasteiger partial charge in [-0.15, -0.1) is 0 Å². The Labute approximate surface area is 155 Å². The molecule has 0 aromatic heterocycles. The van der Waals surface area contributed by atoms with E-state index in [1.54, 1.807) is 42.5 Å². The van der Waals surface area contributed by atoms with Gasteiger partial charge in [-0.1, -0.05) is 24.3 Å². The first-order valence-electron chi connectivity index (χ1n) is 7.90. The monoisotopic (exact) mass is 388 g/mol. The van der Waals surface area contributed by atoms with Crippen LogP contribution in [0, 0.1) is 0 Å². The Balaban J connectivity index is 1.63. The molecule has 1 N–H and O–H groups in total. The van der Waals surface area contributed by atoms with Crippen LogP contribution in [0.25, 0.3) is 0 Å². The Hall–Kier alpha value is -3.20. The number of ether oxygens (including phenoxy) is 2. The van der Waals surface area contributed by atoms with Crippen LogP contribution < -0.4 is 4.72 Å². The fourth-order valence-electron chi connectivity index (χ4n) is 2.51. The lowest BCUT2D eigenvalue weighted by atomic mass is 10.1. The lowest BCUT2D eigenvalue weighted by molar-refractivity contribution is -0.143. The Morgan fingerprint density at radius 2 is 1.89 bits per heavy atom. The predicted molar refractivity (Wildman–Crippen MR) is 95.7 cm³/mol. The first-order valence-corrected chi connectivity index (χ1v) is 9.38. The van der Waals surface area contributed by atoms with E-state index in [2.05, 4.69) is 14.5 Å². The molecule has 0 spiro atoms. The van der Waals surface area contributed by atoms with E-state index in [0.717, 1.165) is 0 Å². The average molecular weight is 388 g/mol. The van der Waals surface area contributed by atoms with E-state index >= 15 is 0 Å². The van der Waals surface area contributed by atoms with Crippen molar-refractivity contribution in [2.45, 2.75) is 11.5 Å². The summed E-state index contributed by atoms with van der Waals surface area (Å²) in [4.78, 5) is 27.6. The predicted octanol–water partition coefficient (Wildman–Crippen LogP) is 1.26. The van der Waals surface area contributed by atoms with Gasteiger partial charge in [0.2, 0.25) is 0 Å². The maximum Gasteiger partial charge on any atom is 0.337 e. The fourth-order valence-corrected chi connectivity index (χ4v) is 3.76. The number of methoxy groups -OCH3 is 1. The van der Waals surface area contributed by atoms with E-state index in [9.17, 15) is 18.0 Å². The van der Waals surface area contributed by atoms with Crippen molar-refractivity contribution in [1.29, 1.82) is 0 Å². The highest BCUT2D eigenvalue weighted by molar-refractivity contribution is 7.90. The maximum atomic E-state index is 12.0. The molecule has 0 radical (unpaired) electrons. The SMILES string of the molecule is COC(=O)c1cccc(COC(=O)CN=C2NS(=O)(=O)c3ccccc32)c1. The summed E-state index contributed by atoms with van der Waals surface area (Å²) in [5.74, 6) is -1.01. The van der Waals surface area contributed by atoms with Gasteiger partial charge in [0.1, 0.15) is 19.0 Å². The number of benzene rings is 2. The van der Waals surface area contributed by atoms with Gasteiger partial charge in [0.25, 0.3) is 10.0 Å². The van der Waals surface area contributed by atoms with Crippen molar-refractivity contribution in [2.75, 3.05) is 13.7 Å². The smallest absolute Gasteiger partial charge is 0.337 e. The standard InChI is InChI=1S/C18H16N2O6S/c1-25-18(22)13-6-4-5-12(9-13)11-26-16(21)10-19-17-14-7-2-3-8-15(14)27(23,24)20-17/h2-9H,10-11H2,1H3,(H,19,20). The molecule has 9 heteroatoms. The number of fused-ring (bicyclic) bond motifs is 1. The molecule has 1 heterocycles. The van der Waals surface area contributed by atoms with Gasteiger partial charge in [-0.2, -0.15) is 0 Å². The van der Waals surface area contributed by atoms with Crippen LogP contribution in [0.3, 0.4) is 0 Å². The zero-order valence-corrected chi connectivity index (χ0v) is 15.2. The van der Waals surface area contributed by atoms with Gasteiger partial charge >= 0.3 is 11.9 Å². The number of amidine groups is 1. The van der Waals surface area contributed by atoms with Crippen LogP contribution in [0.2, 0.25) is 0 Å². The molecule has 3 rings (SSSR count). The van der Waals surface area contributed by atoms with Gasteiger partial charge in [-0.25, -0.2) is 13.2 Å². The number of sulfonamides is 1. The van der Waals surface area contributed by atoms with Gasteiger partial charge in [0.05, 0.1) is 17.6 Å². The van der Waals surface area contributed by atoms with Crippen LogP contribution >= 0.6 is 0 Å². The van der Waals surface area contributed by atoms with Gasteiger partial charge in [0, 0.05) is 5.56 Å².